The number of rotatable bonds is 3. The fraction of sp³-hybridized carbons (Fsp3) is 0.450. The number of nitrogens with zero attached hydrogens (tertiary/aromatic N) is 5. The van der Waals surface area contributed by atoms with E-state index < -0.39 is 6.10 Å². The molecule has 2 aliphatic heterocycles. The molecule has 2 aliphatic rings. The lowest BCUT2D eigenvalue weighted by molar-refractivity contribution is 0.154. The van der Waals surface area contributed by atoms with Crippen LogP contribution in [0.2, 0.25) is 0 Å². The minimum atomic E-state index is -0.604. The quantitative estimate of drug-likeness (QED) is 0.787. The molecule has 1 saturated heterocycles. The number of aromatic nitrogens is 4. The SMILES string of the molecule is Cc1cc2c3c(n(CC(O)c4cccnc4)c2nn1)CCN1CCCC31. The van der Waals surface area contributed by atoms with E-state index in [-0.39, 0.29) is 0 Å². The molecule has 2 unspecified atom stereocenters. The van der Waals surface area contributed by atoms with E-state index in [0.717, 1.165) is 29.9 Å². The molecule has 3 aromatic heterocycles. The third kappa shape index (κ3) is 2.44. The Bertz CT molecular complexity index is 952. The molecule has 26 heavy (non-hydrogen) atoms. The minimum absolute atomic E-state index is 0.488. The van der Waals surface area contributed by atoms with Gasteiger partial charge in [0, 0.05) is 48.0 Å². The number of aryl methyl sites for hydroxylation is 1. The Balaban J connectivity index is 1.64. The zero-order valence-corrected chi connectivity index (χ0v) is 15.0. The smallest absolute Gasteiger partial charge is 0.163 e. The maximum atomic E-state index is 10.8. The number of pyridine rings is 1. The zero-order valence-electron chi connectivity index (χ0n) is 15.0. The summed E-state index contributed by atoms with van der Waals surface area (Å²) in [4.78, 5) is 6.73. The monoisotopic (exact) mass is 349 g/mol. The van der Waals surface area contributed by atoms with Crippen LogP contribution in [0.3, 0.4) is 0 Å². The first kappa shape index (κ1) is 15.9. The second kappa shape index (κ2) is 6.14. The van der Waals surface area contributed by atoms with Gasteiger partial charge in [0.2, 0.25) is 0 Å². The summed E-state index contributed by atoms with van der Waals surface area (Å²) < 4.78 is 2.20. The molecule has 6 heteroatoms. The van der Waals surface area contributed by atoms with Crippen molar-refractivity contribution in [3.05, 3.63) is 53.1 Å². The van der Waals surface area contributed by atoms with Crippen LogP contribution in [0.5, 0.6) is 0 Å². The first-order valence-electron chi connectivity index (χ1n) is 9.39. The minimum Gasteiger partial charge on any atom is -0.386 e. The van der Waals surface area contributed by atoms with Gasteiger partial charge in [0.15, 0.2) is 5.65 Å². The maximum Gasteiger partial charge on any atom is 0.163 e. The van der Waals surface area contributed by atoms with E-state index in [0.29, 0.717) is 12.6 Å². The van der Waals surface area contributed by atoms with Crippen LogP contribution in [0.25, 0.3) is 11.0 Å². The van der Waals surface area contributed by atoms with Gasteiger partial charge in [0.25, 0.3) is 0 Å². The van der Waals surface area contributed by atoms with Crippen molar-refractivity contribution in [3.63, 3.8) is 0 Å². The van der Waals surface area contributed by atoms with Crippen molar-refractivity contribution in [2.24, 2.45) is 0 Å². The van der Waals surface area contributed by atoms with Crippen molar-refractivity contribution in [3.8, 4) is 0 Å². The van der Waals surface area contributed by atoms with E-state index in [9.17, 15) is 5.11 Å². The molecule has 0 amide bonds. The largest absolute Gasteiger partial charge is 0.386 e. The van der Waals surface area contributed by atoms with E-state index in [4.69, 9.17) is 0 Å². The van der Waals surface area contributed by atoms with Gasteiger partial charge >= 0.3 is 0 Å². The summed E-state index contributed by atoms with van der Waals surface area (Å²) >= 11 is 0. The lowest BCUT2D eigenvalue weighted by atomic mass is 9.96. The van der Waals surface area contributed by atoms with Crippen LogP contribution in [0, 0.1) is 6.92 Å². The summed E-state index contributed by atoms with van der Waals surface area (Å²) in [5.74, 6) is 0. The third-order valence-corrected chi connectivity index (χ3v) is 5.84. The van der Waals surface area contributed by atoms with E-state index in [2.05, 4.69) is 30.7 Å². The molecule has 0 aliphatic carbocycles. The van der Waals surface area contributed by atoms with Gasteiger partial charge in [-0.3, -0.25) is 9.88 Å². The second-order valence-corrected chi connectivity index (χ2v) is 7.44. The Labute approximate surface area is 152 Å². The standard InChI is InChI=1S/C20H23N5O/c1-13-10-15-19-16-5-3-8-24(16)9-6-17(19)25(20(15)23-22-13)12-18(26)14-4-2-7-21-11-14/h2,4,7,10-11,16,18,26H,3,5-6,8-9,12H2,1H3. The number of hydrogen-bond donors (Lipinski definition) is 1. The van der Waals surface area contributed by atoms with Gasteiger partial charge in [-0.1, -0.05) is 6.07 Å². The molecule has 2 atom stereocenters. The van der Waals surface area contributed by atoms with Crippen LogP contribution in [-0.2, 0) is 13.0 Å². The van der Waals surface area contributed by atoms with Crippen LogP contribution in [0.1, 0.15) is 47.5 Å². The fourth-order valence-electron chi connectivity index (χ4n) is 4.67. The Morgan fingerprint density at radius 3 is 3.08 bits per heavy atom. The molecule has 3 aromatic rings. The number of fused-ring (bicyclic) bond motifs is 5. The second-order valence-electron chi connectivity index (χ2n) is 7.44. The average molecular weight is 349 g/mol. The van der Waals surface area contributed by atoms with E-state index in [1.165, 1.54) is 36.0 Å². The van der Waals surface area contributed by atoms with E-state index in [1.54, 1.807) is 12.4 Å². The van der Waals surface area contributed by atoms with Crippen molar-refractivity contribution in [2.75, 3.05) is 13.1 Å². The van der Waals surface area contributed by atoms with Crippen LogP contribution in [-0.4, -0.2) is 42.8 Å². The predicted octanol–water partition coefficient (Wildman–Crippen LogP) is 2.56. The molecule has 1 N–H and O–H groups in total. The van der Waals surface area contributed by atoms with Crippen LogP contribution >= 0.6 is 0 Å². The van der Waals surface area contributed by atoms with Crippen molar-refractivity contribution < 1.29 is 5.11 Å². The Morgan fingerprint density at radius 2 is 2.23 bits per heavy atom. The number of aliphatic hydroxyl groups excluding tert-OH is 1. The molecule has 0 aromatic carbocycles. The van der Waals surface area contributed by atoms with E-state index >= 15 is 0 Å². The highest BCUT2D eigenvalue weighted by molar-refractivity contribution is 5.83. The number of hydrogen-bond acceptors (Lipinski definition) is 5. The molecule has 5 rings (SSSR count). The highest BCUT2D eigenvalue weighted by atomic mass is 16.3. The molecule has 5 heterocycles. The zero-order chi connectivity index (χ0) is 17.7. The fourth-order valence-corrected chi connectivity index (χ4v) is 4.67. The van der Waals surface area contributed by atoms with E-state index in [1.807, 2.05) is 19.1 Å². The van der Waals surface area contributed by atoms with Gasteiger partial charge in [0.05, 0.1) is 18.3 Å². The summed E-state index contributed by atoms with van der Waals surface area (Å²) in [6.45, 7) is 4.76. The Morgan fingerprint density at radius 1 is 1.31 bits per heavy atom. The van der Waals surface area contributed by atoms with Gasteiger partial charge in [-0.05, 0) is 44.0 Å². The van der Waals surface area contributed by atoms with Crippen molar-refractivity contribution >= 4 is 11.0 Å². The van der Waals surface area contributed by atoms with Gasteiger partial charge in [-0.25, -0.2) is 0 Å². The van der Waals surface area contributed by atoms with Crippen molar-refractivity contribution in [1.29, 1.82) is 0 Å². The van der Waals surface area contributed by atoms with Crippen LogP contribution in [0.4, 0.5) is 0 Å². The first-order valence-corrected chi connectivity index (χ1v) is 9.39. The lowest BCUT2D eigenvalue weighted by Crippen LogP contribution is -2.31. The molecule has 0 radical (unpaired) electrons. The topological polar surface area (TPSA) is 67.1 Å². The van der Waals surface area contributed by atoms with Crippen molar-refractivity contribution in [2.45, 2.75) is 44.9 Å². The summed E-state index contributed by atoms with van der Waals surface area (Å²) in [5.41, 5.74) is 5.42. The molecular weight excluding hydrogens is 326 g/mol. The van der Waals surface area contributed by atoms with Gasteiger partial charge in [-0.2, -0.15) is 5.10 Å². The maximum absolute atomic E-state index is 10.8. The van der Waals surface area contributed by atoms with Gasteiger partial charge in [0.1, 0.15) is 0 Å². The van der Waals surface area contributed by atoms with Crippen molar-refractivity contribution in [1.82, 2.24) is 24.6 Å². The summed E-state index contributed by atoms with van der Waals surface area (Å²) in [5, 5.41) is 20.8. The summed E-state index contributed by atoms with van der Waals surface area (Å²) in [6, 6.07) is 6.43. The summed E-state index contributed by atoms with van der Waals surface area (Å²) in [7, 11) is 0. The van der Waals surface area contributed by atoms with Crippen LogP contribution < -0.4 is 0 Å². The molecule has 1 fully saturated rings. The third-order valence-electron chi connectivity index (χ3n) is 5.84. The highest BCUT2D eigenvalue weighted by Crippen LogP contribution is 2.42. The van der Waals surface area contributed by atoms with Gasteiger partial charge < -0.3 is 9.67 Å². The first-order chi connectivity index (χ1) is 12.7. The molecule has 0 saturated carbocycles. The lowest BCUT2D eigenvalue weighted by Gasteiger charge is -2.31. The normalized spacial score (nSPS) is 20.9. The predicted molar refractivity (Wildman–Crippen MR) is 98.7 cm³/mol. The molecule has 0 bridgehead atoms. The van der Waals surface area contributed by atoms with Gasteiger partial charge in [-0.15, -0.1) is 5.10 Å². The number of aliphatic hydroxyl groups is 1. The average Bonchev–Trinajstić information content (AvgIpc) is 3.25. The molecular formula is C20H23N5O. The molecule has 134 valence electrons. The Hall–Kier alpha value is -2.31. The molecule has 0 spiro atoms. The molecule has 6 nitrogen and oxygen atoms in total. The highest BCUT2D eigenvalue weighted by Gasteiger charge is 2.36. The van der Waals surface area contributed by atoms with Crippen LogP contribution in [0.15, 0.2) is 30.6 Å². The summed E-state index contributed by atoms with van der Waals surface area (Å²) in [6.07, 6.45) is 6.32. The Kier molecular flexibility index (Phi) is 3.76.